The summed E-state index contributed by atoms with van der Waals surface area (Å²) in [6.45, 7) is 8.34. The Labute approximate surface area is 131 Å². The summed E-state index contributed by atoms with van der Waals surface area (Å²) in [4.78, 5) is 26.9. The number of nitrogens with zero attached hydrogens (tertiary/aromatic N) is 2. The highest BCUT2D eigenvalue weighted by Gasteiger charge is 2.27. The van der Waals surface area contributed by atoms with Crippen LogP contribution < -0.4 is 0 Å². The van der Waals surface area contributed by atoms with Crippen molar-refractivity contribution in [2.75, 3.05) is 26.2 Å². The number of aliphatic carboxylic acids is 1. The van der Waals surface area contributed by atoms with Crippen LogP contribution in [-0.2, 0) is 9.53 Å². The average Bonchev–Trinajstić information content (AvgIpc) is 2.46. The molecule has 0 aromatic carbocycles. The highest BCUT2D eigenvalue weighted by atomic mass is 16.6. The molecule has 0 radical (unpaired) electrons. The van der Waals surface area contributed by atoms with Crippen molar-refractivity contribution in [2.45, 2.75) is 39.2 Å². The van der Waals surface area contributed by atoms with Gasteiger partial charge in [0, 0.05) is 37.4 Å². The summed E-state index contributed by atoms with van der Waals surface area (Å²) in [6, 6.07) is 0. The third-order valence-corrected chi connectivity index (χ3v) is 3.74. The van der Waals surface area contributed by atoms with Crippen molar-refractivity contribution >= 4 is 12.1 Å². The van der Waals surface area contributed by atoms with Crippen LogP contribution >= 0.6 is 0 Å². The minimum Gasteiger partial charge on any atom is -0.478 e. The number of carboxylic acid groups (broad SMARTS) is 1. The molecule has 22 heavy (non-hydrogen) atoms. The fourth-order valence-electron chi connectivity index (χ4n) is 2.57. The van der Waals surface area contributed by atoms with E-state index in [-0.39, 0.29) is 6.09 Å². The fourth-order valence-corrected chi connectivity index (χ4v) is 2.57. The lowest BCUT2D eigenvalue weighted by Gasteiger charge is -2.38. The van der Waals surface area contributed by atoms with Gasteiger partial charge in [0.15, 0.2) is 0 Å². The molecule has 0 aromatic heterocycles. The van der Waals surface area contributed by atoms with E-state index >= 15 is 0 Å². The summed E-state index contributed by atoms with van der Waals surface area (Å²) in [5.74, 6) is -0.843. The van der Waals surface area contributed by atoms with E-state index in [2.05, 4.69) is 4.90 Å². The van der Waals surface area contributed by atoms with Gasteiger partial charge < -0.3 is 19.6 Å². The van der Waals surface area contributed by atoms with Crippen molar-refractivity contribution in [3.63, 3.8) is 0 Å². The molecule has 1 saturated heterocycles. The number of rotatable bonds is 2. The molecule has 0 atom stereocenters. The molecule has 1 heterocycles. The van der Waals surface area contributed by atoms with Crippen LogP contribution in [0.1, 0.15) is 33.6 Å². The first-order valence-corrected chi connectivity index (χ1v) is 7.62. The van der Waals surface area contributed by atoms with Crippen molar-refractivity contribution in [1.82, 2.24) is 9.80 Å². The molecule has 6 heteroatoms. The number of piperazine rings is 1. The number of carbonyl (C=O) groups excluding carboxylic acids is 1. The van der Waals surface area contributed by atoms with E-state index in [1.807, 2.05) is 26.8 Å². The van der Waals surface area contributed by atoms with Gasteiger partial charge in [-0.3, -0.25) is 0 Å². The predicted molar refractivity (Wildman–Crippen MR) is 82.4 cm³/mol. The number of carboxylic acids is 1. The van der Waals surface area contributed by atoms with Crippen LogP contribution in [0.5, 0.6) is 0 Å². The zero-order valence-electron chi connectivity index (χ0n) is 13.5. The summed E-state index contributed by atoms with van der Waals surface area (Å²) in [7, 11) is 0. The second-order valence-electron chi connectivity index (χ2n) is 6.61. The third kappa shape index (κ3) is 4.26. The zero-order chi connectivity index (χ0) is 16.3. The number of hydrogen-bond acceptors (Lipinski definition) is 4. The molecule has 0 spiro atoms. The van der Waals surface area contributed by atoms with Crippen molar-refractivity contribution in [1.29, 1.82) is 0 Å². The lowest BCUT2D eigenvalue weighted by Crippen LogP contribution is -2.49. The fraction of sp³-hybridized carbons (Fsp3) is 0.625. The molecule has 0 saturated carbocycles. The molecular formula is C16H24N2O4. The Bertz CT molecular complexity index is 509. The van der Waals surface area contributed by atoms with Crippen LogP contribution in [0, 0.1) is 0 Å². The molecular weight excluding hydrogens is 284 g/mol. The van der Waals surface area contributed by atoms with Gasteiger partial charge in [0.1, 0.15) is 5.60 Å². The van der Waals surface area contributed by atoms with Crippen LogP contribution in [0.15, 0.2) is 23.4 Å². The Morgan fingerprint density at radius 1 is 1.09 bits per heavy atom. The van der Waals surface area contributed by atoms with Gasteiger partial charge in [-0.2, -0.15) is 0 Å². The highest BCUT2D eigenvalue weighted by Crippen LogP contribution is 2.23. The van der Waals surface area contributed by atoms with E-state index in [0.29, 0.717) is 25.1 Å². The lowest BCUT2D eigenvalue weighted by atomic mass is 10.0. The van der Waals surface area contributed by atoms with Gasteiger partial charge >= 0.3 is 12.1 Å². The van der Waals surface area contributed by atoms with Crippen LogP contribution in [0.4, 0.5) is 4.79 Å². The normalized spacial score (nSPS) is 19.4. The summed E-state index contributed by atoms with van der Waals surface area (Å²) < 4.78 is 5.38. The second-order valence-corrected chi connectivity index (χ2v) is 6.61. The summed E-state index contributed by atoms with van der Waals surface area (Å²) in [5, 5.41) is 8.95. The van der Waals surface area contributed by atoms with Crippen molar-refractivity contribution in [3.8, 4) is 0 Å². The molecule has 2 rings (SSSR count). The molecule has 0 aromatic rings. The molecule has 122 valence electrons. The SMILES string of the molecule is CC(C)(C)OC(=O)N1CCN(C2=CC=C(C(=O)O)CC2)CC1. The number of hydrogen-bond donors (Lipinski definition) is 1. The van der Waals surface area contributed by atoms with E-state index < -0.39 is 11.6 Å². The van der Waals surface area contributed by atoms with Crippen LogP contribution in [0.25, 0.3) is 0 Å². The summed E-state index contributed by atoms with van der Waals surface area (Å²) >= 11 is 0. The first kappa shape index (κ1) is 16.4. The minimum absolute atomic E-state index is 0.266. The molecule has 1 fully saturated rings. The maximum absolute atomic E-state index is 12.0. The average molecular weight is 308 g/mol. The summed E-state index contributed by atoms with van der Waals surface area (Å²) in [6.07, 6.45) is 4.60. The Morgan fingerprint density at radius 3 is 2.18 bits per heavy atom. The molecule has 2 aliphatic rings. The first-order valence-electron chi connectivity index (χ1n) is 7.62. The molecule has 1 amide bonds. The third-order valence-electron chi connectivity index (χ3n) is 3.74. The van der Waals surface area contributed by atoms with E-state index in [1.54, 1.807) is 11.0 Å². The van der Waals surface area contributed by atoms with E-state index in [9.17, 15) is 9.59 Å². The molecule has 1 N–H and O–H groups in total. The Hall–Kier alpha value is -1.98. The van der Waals surface area contributed by atoms with Gasteiger partial charge in [-0.15, -0.1) is 0 Å². The summed E-state index contributed by atoms with van der Waals surface area (Å²) in [5.41, 5.74) is 1.13. The van der Waals surface area contributed by atoms with Gasteiger partial charge in [-0.25, -0.2) is 9.59 Å². The topological polar surface area (TPSA) is 70.1 Å². The maximum atomic E-state index is 12.0. The quantitative estimate of drug-likeness (QED) is 0.847. The van der Waals surface area contributed by atoms with Gasteiger partial charge in [-0.05, 0) is 39.7 Å². The van der Waals surface area contributed by atoms with Crippen LogP contribution in [-0.4, -0.2) is 58.7 Å². The number of carbonyl (C=O) groups is 2. The standard InChI is InChI=1S/C16H24N2O4/c1-16(2,3)22-15(21)18-10-8-17(9-11-18)13-6-4-12(5-7-13)14(19)20/h4,6H,5,7-11H2,1-3H3,(H,19,20). The van der Waals surface area contributed by atoms with Gasteiger partial charge in [0.05, 0.1) is 0 Å². The Morgan fingerprint density at radius 2 is 1.73 bits per heavy atom. The monoisotopic (exact) mass is 308 g/mol. The molecule has 1 aliphatic heterocycles. The van der Waals surface area contributed by atoms with E-state index in [4.69, 9.17) is 9.84 Å². The Balaban J connectivity index is 1.88. The number of allylic oxidation sites excluding steroid dienone is 3. The van der Waals surface area contributed by atoms with E-state index in [0.717, 1.165) is 25.2 Å². The maximum Gasteiger partial charge on any atom is 0.410 e. The second kappa shape index (κ2) is 6.42. The lowest BCUT2D eigenvalue weighted by molar-refractivity contribution is -0.132. The number of amides is 1. The van der Waals surface area contributed by atoms with Gasteiger partial charge in [-0.1, -0.05) is 6.08 Å². The first-order chi connectivity index (χ1) is 10.3. The van der Waals surface area contributed by atoms with Crippen molar-refractivity contribution in [3.05, 3.63) is 23.4 Å². The molecule has 1 aliphatic carbocycles. The van der Waals surface area contributed by atoms with Gasteiger partial charge in [0.25, 0.3) is 0 Å². The predicted octanol–water partition coefficient (Wildman–Crippen LogP) is 2.23. The number of ether oxygens (including phenoxy) is 1. The van der Waals surface area contributed by atoms with E-state index in [1.165, 1.54) is 0 Å². The smallest absolute Gasteiger partial charge is 0.410 e. The largest absolute Gasteiger partial charge is 0.478 e. The Kier molecular flexibility index (Phi) is 4.78. The minimum atomic E-state index is -0.843. The molecule has 0 unspecified atom stereocenters. The zero-order valence-corrected chi connectivity index (χ0v) is 13.5. The van der Waals surface area contributed by atoms with Crippen molar-refractivity contribution in [2.24, 2.45) is 0 Å². The van der Waals surface area contributed by atoms with Crippen molar-refractivity contribution < 1.29 is 19.4 Å². The van der Waals surface area contributed by atoms with Crippen LogP contribution in [0.3, 0.4) is 0 Å². The highest BCUT2D eigenvalue weighted by molar-refractivity contribution is 5.87. The van der Waals surface area contributed by atoms with Gasteiger partial charge in [0.2, 0.25) is 0 Å². The van der Waals surface area contributed by atoms with Crippen LogP contribution in [0.2, 0.25) is 0 Å². The molecule has 0 bridgehead atoms. The molecule has 6 nitrogen and oxygen atoms in total.